The maximum Gasteiger partial charge on any atom is 0.226 e. The standard InChI is InChI=1S/C12H13Cl2N3O/c13-9-4-3-8(6-10(9)14)7-11-16-12(18-17-11)2-1-5-15/h3-4,6H,1-2,5,7,15H2. The molecule has 0 spiro atoms. The number of halogens is 2. The normalized spacial score (nSPS) is 10.8. The molecule has 0 fully saturated rings. The van der Waals surface area contributed by atoms with Crippen molar-refractivity contribution in [2.24, 2.45) is 5.73 Å². The zero-order chi connectivity index (χ0) is 13.0. The van der Waals surface area contributed by atoms with Crippen LogP contribution in [0.2, 0.25) is 10.0 Å². The van der Waals surface area contributed by atoms with Gasteiger partial charge in [-0.05, 0) is 30.7 Å². The fourth-order valence-electron chi connectivity index (χ4n) is 1.55. The van der Waals surface area contributed by atoms with Crippen molar-refractivity contribution in [2.45, 2.75) is 19.3 Å². The molecule has 18 heavy (non-hydrogen) atoms. The van der Waals surface area contributed by atoms with Crippen LogP contribution in [0.5, 0.6) is 0 Å². The van der Waals surface area contributed by atoms with Crippen molar-refractivity contribution in [3.8, 4) is 0 Å². The highest BCUT2D eigenvalue weighted by molar-refractivity contribution is 6.42. The first-order valence-electron chi connectivity index (χ1n) is 5.64. The molecule has 2 N–H and O–H groups in total. The van der Waals surface area contributed by atoms with Crippen LogP contribution in [-0.4, -0.2) is 16.7 Å². The van der Waals surface area contributed by atoms with E-state index in [9.17, 15) is 0 Å². The van der Waals surface area contributed by atoms with Crippen molar-refractivity contribution in [1.82, 2.24) is 10.1 Å². The Morgan fingerprint density at radius 1 is 1.22 bits per heavy atom. The minimum atomic E-state index is 0.529. The Kier molecular flexibility index (Phi) is 4.58. The first-order chi connectivity index (χ1) is 8.69. The summed E-state index contributed by atoms with van der Waals surface area (Å²) in [6.07, 6.45) is 2.13. The highest BCUT2D eigenvalue weighted by Gasteiger charge is 2.08. The van der Waals surface area contributed by atoms with Gasteiger partial charge in [0.25, 0.3) is 0 Å². The quantitative estimate of drug-likeness (QED) is 0.917. The Hall–Kier alpha value is -1.10. The molecule has 0 saturated heterocycles. The summed E-state index contributed by atoms with van der Waals surface area (Å²) >= 11 is 11.8. The van der Waals surface area contributed by atoms with Crippen LogP contribution in [0.15, 0.2) is 22.7 Å². The fraction of sp³-hybridized carbons (Fsp3) is 0.333. The van der Waals surface area contributed by atoms with Crippen LogP contribution >= 0.6 is 23.2 Å². The molecule has 0 unspecified atom stereocenters. The first kappa shape index (κ1) is 13.3. The van der Waals surface area contributed by atoms with Gasteiger partial charge in [-0.3, -0.25) is 0 Å². The lowest BCUT2D eigenvalue weighted by Gasteiger charge is -1.99. The van der Waals surface area contributed by atoms with Crippen molar-refractivity contribution in [1.29, 1.82) is 0 Å². The average Bonchev–Trinajstić information content (AvgIpc) is 2.79. The predicted molar refractivity (Wildman–Crippen MR) is 70.9 cm³/mol. The highest BCUT2D eigenvalue weighted by Crippen LogP contribution is 2.23. The average molecular weight is 286 g/mol. The monoisotopic (exact) mass is 285 g/mol. The van der Waals surface area contributed by atoms with Gasteiger partial charge in [0.15, 0.2) is 5.82 Å². The SMILES string of the molecule is NCCCc1nc(Cc2ccc(Cl)c(Cl)c2)no1. The maximum absolute atomic E-state index is 5.94. The van der Waals surface area contributed by atoms with E-state index in [1.807, 2.05) is 6.07 Å². The zero-order valence-electron chi connectivity index (χ0n) is 9.70. The molecule has 0 aliphatic carbocycles. The third-order valence-electron chi connectivity index (χ3n) is 2.45. The summed E-state index contributed by atoms with van der Waals surface area (Å²) in [4.78, 5) is 4.29. The largest absolute Gasteiger partial charge is 0.339 e. The molecule has 0 aliphatic heterocycles. The molecule has 0 saturated carbocycles. The number of hydrogen-bond donors (Lipinski definition) is 1. The molecule has 96 valence electrons. The number of hydrogen-bond acceptors (Lipinski definition) is 4. The van der Waals surface area contributed by atoms with Crippen molar-refractivity contribution in [3.05, 3.63) is 45.5 Å². The van der Waals surface area contributed by atoms with Crippen LogP contribution < -0.4 is 5.73 Å². The summed E-state index contributed by atoms with van der Waals surface area (Å²) < 4.78 is 5.12. The molecule has 0 amide bonds. The summed E-state index contributed by atoms with van der Waals surface area (Å²) in [6.45, 7) is 0.616. The molecule has 2 aromatic rings. The second kappa shape index (κ2) is 6.18. The maximum atomic E-state index is 5.94. The number of benzene rings is 1. The summed E-state index contributed by atoms with van der Waals surface area (Å²) in [7, 11) is 0. The molecule has 4 nitrogen and oxygen atoms in total. The predicted octanol–water partition coefficient (Wildman–Crippen LogP) is 2.86. The lowest BCUT2D eigenvalue weighted by Crippen LogP contribution is -2.00. The molecule has 1 heterocycles. The van der Waals surface area contributed by atoms with E-state index >= 15 is 0 Å². The number of rotatable bonds is 5. The Labute approximate surface area is 115 Å². The number of nitrogens with two attached hydrogens (primary N) is 1. The van der Waals surface area contributed by atoms with Gasteiger partial charge < -0.3 is 10.3 Å². The molecule has 2 rings (SSSR count). The minimum absolute atomic E-state index is 0.529. The van der Waals surface area contributed by atoms with Crippen molar-refractivity contribution in [3.63, 3.8) is 0 Å². The first-order valence-corrected chi connectivity index (χ1v) is 6.40. The van der Waals surface area contributed by atoms with Crippen LogP contribution in [0.3, 0.4) is 0 Å². The second-order valence-corrected chi connectivity index (χ2v) is 4.74. The molecule has 0 radical (unpaired) electrons. The van der Waals surface area contributed by atoms with E-state index in [1.165, 1.54) is 0 Å². The van der Waals surface area contributed by atoms with Crippen LogP contribution in [-0.2, 0) is 12.8 Å². The van der Waals surface area contributed by atoms with Crippen LogP contribution in [0, 0.1) is 0 Å². The van der Waals surface area contributed by atoms with Crippen molar-refractivity contribution < 1.29 is 4.52 Å². The van der Waals surface area contributed by atoms with Gasteiger partial charge in [-0.25, -0.2) is 0 Å². The van der Waals surface area contributed by atoms with Crippen LogP contribution in [0.25, 0.3) is 0 Å². The Morgan fingerprint density at radius 2 is 2.06 bits per heavy atom. The summed E-state index contributed by atoms with van der Waals surface area (Å²) in [6, 6.07) is 5.46. The van der Waals surface area contributed by atoms with Gasteiger partial charge in [0.2, 0.25) is 5.89 Å². The van der Waals surface area contributed by atoms with Crippen LogP contribution in [0.4, 0.5) is 0 Å². The number of aromatic nitrogens is 2. The number of aryl methyl sites for hydroxylation is 1. The summed E-state index contributed by atoms with van der Waals surface area (Å²) in [5.41, 5.74) is 6.42. The van der Waals surface area contributed by atoms with Crippen molar-refractivity contribution in [2.75, 3.05) is 6.54 Å². The number of nitrogens with zero attached hydrogens (tertiary/aromatic N) is 2. The fourth-order valence-corrected chi connectivity index (χ4v) is 1.87. The van der Waals surface area contributed by atoms with Crippen LogP contribution in [0.1, 0.15) is 23.7 Å². The van der Waals surface area contributed by atoms with Gasteiger partial charge in [-0.1, -0.05) is 34.4 Å². The molecule has 0 atom stereocenters. The Morgan fingerprint density at radius 3 is 2.78 bits per heavy atom. The van der Waals surface area contributed by atoms with Gasteiger partial charge in [0.1, 0.15) is 0 Å². The summed E-state index contributed by atoms with van der Waals surface area (Å²) in [5.74, 6) is 1.26. The van der Waals surface area contributed by atoms with Gasteiger partial charge in [0, 0.05) is 12.8 Å². The molecule has 1 aromatic carbocycles. The van der Waals surface area contributed by atoms with Gasteiger partial charge in [0.05, 0.1) is 10.0 Å². The second-order valence-electron chi connectivity index (χ2n) is 3.92. The van der Waals surface area contributed by atoms with E-state index in [-0.39, 0.29) is 0 Å². The van der Waals surface area contributed by atoms with Gasteiger partial charge in [-0.2, -0.15) is 4.98 Å². The smallest absolute Gasteiger partial charge is 0.226 e. The molecule has 1 aromatic heterocycles. The van der Waals surface area contributed by atoms with E-state index < -0.39 is 0 Å². The highest BCUT2D eigenvalue weighted by atomic mass is 35.5. The van der Waals surface area contributed by atoms with E-state index in [1.54, 1.807) is 12.1 Å². The lowest BCUT2D eigenvalue weighted by atomic mass is 10.1. The van der Waals surface area contributed by atoms with E-state index in [2.05, 4.69) is 10.1 Å². The molecule has 0 bridgehead atoms. The topological polar surface area (TPSA) is 64.9 Å². The van der Waals surface area contributed by atoms with E-state index in [0.29, 0.717) is 41.1 Å². The zero-order valence-corrected chi connectivity index (χ0v) is 11.2. The molecular weight excluding hydrogens is 273 g/mol. The van der Waals surface area contributed by atoms with E-state index in [4.69, 9.17) is 33.5 Å². The summed E-state index contributed by atoms with van der Waals surface area (Å²) in [5, 5.41) is 4.98. The van der Waals surface area contributed by atoms with Gasteiger partial charge in [-0.15, -0.1) is 0 Å². The molecule has 6 heteroatoms. The Balaban J connectivity index is 2.04. The minimum Gasteiger partial charge on any atom is -0.339 e. The molecular formula is C12H13Cl2N3O. The molecule has 0 aliphatic rings. The van der Waals surface area contributed by atoms with Gasteiger partial charge >= 0.3 is 0 Å². The lowest BCUT2D eigenvalue weighted by molar-refractivity contribution is 0.371. The third-order valence-corrected chi connectivity index (χ3v) is 3.19. The Bertz CT molecular complexity index is 528. The van der Waals surface area contributed by atoms with Crippen molar-refractivity contribution >= 4 is 23.2 Å². The van der Waals surface area contributed by atoms with E-state index in [0.717, 1.165) is 12.0 Å². The third kappa shape index (κ3) is 3.45.